The third-order valence-electron chi connectivity index (χ3n) is 6.81. The van der Waals surface area contributed by atoms with E-state index in [-0.39, 0.29) is 30.1 Å². The van der Waals surface area contributed by atoms with Crippen LogP contribution >= 0.6 is 0 Å². The fraction of sp³-hybridized carbons (Fsp3) is 0.294. The van der Waals surface area contributed by atoms with Crippen molar-refractivity contribution < 1.29 is 23.9 Å². The Morgan fingerprint density at radius 1 is 1.00 bits per heavy atom. The van der Waals surface area contributed by atoms with E-state index in [1.165, 1.54) is 33.9 Å². The molecule has 1 N–H and O–H groups in total. The number of carbonyl (C=O) groups is 4. The minimum absolute atomic E-state index is 0.151. The Morgan fingerprint density at radius 2 is 1.66 bits per heavy atom. The second-order valence-electron chi connectivity index (χ2n) is 11.3. The van der Waals surface area contributed by atoms with Crippen molar-refractivity contribution in [2.75, 3.05) is 16.8 Å². The van der Waals surface area contributed by atoms with Gasteiger partial charge in [-0.05, 0) is 45.4 Å². The van der Waals surface area contributed by atoms with Crippen LogP contribution in [0.5, 0.6) is 0 Å². The molecule has 0 fully saturated rings. The third kappa shape index (κ3) is 7.63. The van der Waals surface area contributed by atoms with Crippen LogP contribution in [-0.4, -0.2) is 45.3 Å². The summed E-state index contributed by atoms with van der Waals surface area (Å²) >= 11 is 0. The van der Waals surface area contributed by atoms with Gasteiger partial charge >= 0.3 is 6.09 Å². The Kier molecular flexibility index (Phi) is 10.0. The number of nitrogens with zero attached hydrogens (tertiary/aromatic N) is 3. The number of benzene rings is 2. The van der Waals surface area contributed by atoms with Crippen LogP contribution in [0, 0.1) is 0 Å². The number of rotatable bonds is 10. The molecule has 0 saturated carbocycles. The predicted octanol–water partition coefficient (Wildman–Crippen LogP) is 5.66. The molecule has 3 aromatic rings. The number of hydrogen-bond donors (Lipinski definition) is 1. The summed E-state index contributed by atoms with van der Waals surface area (Å²) in [5, 5.41) is 2.49. The first kappa shape index (κ1) is 31.8. The Hall–Kier alpha value is -5.12. The molecule has 10 heteroatoms. The minimum atomic E-state index is -1.07. The molecule has 1 aliphatic carbocycles. The topological polar surface area (TPSA) is 128 Å². The van der Waals surface area contributed by atoms with E-state index in [9.17, 15) is 24.0 Å². The monoisotopic (exact) mass is 596 g/mol. The molecule has 0 aliphatic heterocycles. The number of unbranched alkanes of at least 4 members (excludes halogenated alkanes) is 1. The van der Waals surface area contributed by atoms with Crippen LogP contribution in [0.3, 0.4) is 0 Å². The lowest BCUT2D eigenvalue weighted by Gasteiger charge is -2.30. The van der Waals surface area contributed by atoms with Gasteiger partial charge in [0.05, 0.1) is 12.7 Å². The van der Waals surface area contributed by atoms with Gasteiger partial charge in [0.2, 0.25) is 11.6 Å². The SMILES string of the molecule is CCCCC(C(=O)N(CC1=CC=CC(=O)C1=O)c1ccccc1)n1c(-c2ccccc2)ncc(NC(=O)OC(C)(C)C)c1=O. The summed E-state index contributed by atoms with van der Waals surface area (Å²) in [6, 6.07) is 16.7. The highest BCUT2D eigenvalue weighted by atomic mass is 16.6. The smallest absolute Gasteiger partial charge is 0.412 e. The Labute approximate surface area is 256 Å². The van der Waals surface area contributed by atoms with E-state index in [2.05, 4.69) is 10.3 Å². The van der Waals surface area contributed by atoms with Crippen LogP contribution in [-0.2, 0) is 19.1 Å². The van der Waals surface area contributed by atoms with Gasteiger partial charge in [-0.1, -0.05) is 80.4 Å². The minimum Gasteiger partial charge on any atom is -0.444 e. The number of ketones is 2. The third-order valence-corrected chi connectivity index (χ3v) is 6.81. The second-order valence-corrected chi connectivity index (χ2v) is 11.3. The maximum Gasteiger partial charge on any atom is 0.412 e. The quantitative estimate of drug-likeness (QED) is 0.236. The van der Waals surface area contributed by atoms with Gasteiger partial charge in [-0.3, -0.25) is 29.1 Å². The van der Waals surface area contributed by atoms with Gasteiger partial charge in [0.15, 0.2) is 0 Å². The zero-order chi connectivity index (χ0) is 31.9. The van der Waals surface area contributed by atoms with E-state index < -0.39 is 40.8 Å². The first-order valence-electron chi connectivity index (χ1n) is 14.5. The lowest BCUT2D eigenvalue weighted by atomic mass is 10.0. The fourth-order valence-corrected chi connectivity index (χ4v) is 4.76. The van der Waals surface area contributed by atoms with Crippen molar-refractivity contribution in [3.05, 3.63) is 101 Å². The number of aromatic nitrogens is 2. The Morgan fingerprint density at radius 3 is 2.30 bits per heavy atom. The average Bonchev–Trinajstić information content (AvgIpc) is 2.99. The van der Waals surface area contributed by atoms with Crippen molar-refractivity contribution in [1.29, 1.82) is 0 Å². The highest BCUT2D eigenvalue weighted by molar-refractivity contribution is 6.48. The highest BCUT2D eigenvalue weighted by Crippen LogP contribution is 2.28. The molecule has 1 heterocycles. The van der Waals surface area contributed by atoms with Crippen LogP contribution in [0.1, 0.15) is 53.0 Å². The van der Waals surface area contributed by atoms with E-state index in [1.807, 2.05) is 13.0 Å². The molecule has 4 rings (SSSR count). The molecule has 1 aromatic heterocycles. The van der Waals surface area contributed by atoms with Crippen molar-refractivity contribution in [1.82, 2.24) is 9.55 Å². The van der Waals surface area contributed by atoms with Gasteiger partial charge in [-0.15, -0.1) is 0 Å². The standard InChI is InChI=1S/C34H36N4O6/c1-5-6-19-27(32(42)37(25-17-11-8-12-18-25)22-24-16-13-20-28(39)29(24)40)38-30(23-14-9-7-10-15-23)35-21-26(31(38)41)36-33(43)44-34(2,3)4/h7-18,20-21,27H,5-6,19,22H2,1-4H3,(H,36,43). The van der Waals surface area contributed by atoms with E-state index in [4.69, 9.17) is 4.74 Å². The van der Waals surface area contributed by atoms with Crippen molar-refractivity contribution in [3.8, 4) is 11.4 Å². The van der Waals surface area contributed by atoms with Gasteiger partial charge < -0.3 is 9.64 Å². The van der Waals surface area contributed by atoms with Gasteiger partial charge in [-0.25, -0.2) is 9.78 Å². The van der Waals surface area contributed by atoms with Crippen molar-refractivity contribution in [2.24, 2.45) is 0 Å². The summed E-state index contributed by atoms with van der Waals surface area (Å²) in [6.45, 7) is 6.90. The van der Waals surface area contributed by atoms with E-state index >= 15 is 0 Å². The maximum atomic E-state index is 14.7. The van der Waals surface area contributed by atoms with E-state index in [0.29, 0.717) is 17.7 Å². The summed E-state index contributed by atoms with van der Waals surface area (Å²) in [7, 11) is 0. The Balaban J connectivity index is 1.87. The molecule has 1 aliphatic rings. The van der Waals surface area contributed by atoms with E-state index in [1.54, 1.807) is 75.4 Å². The molecule has 0 saturated heterocycles. The molecule has 10 nitrogen and oxygen atoms in total. The van der Waals surface area contributed by atoms with Crippen LogP contribution in [0.2, 0.25) is 0 Å². The van der Waals surface area contributed by atoms with Gasteiger partial charge in [0.1, 0.15) is 23.2 Å². The molecule has 1 atom stereocenters. The van der Waals surface area contributed by atoms with Crippen molar-refractivity contribution in [2.45, 2.75) is 58.6 Å². The number of anilines is 2. The largest absolute Gasteiger partial charge is 0.444 e. The molecule has 228 valence electrons. The number of amides is 2. The second kappa shape index (κ2) is 13.9. The average molecular weight is 597 g/mol. The summed E-state index contributed by atoms with van der Waals surface area (Å²) in [4.78, 5) is 72.3. The first-order valence-corrected chi connectivity index (χ1v) is 14.5. The number of allylic oxidation sites excluding steroid dienone is 3. The molecular formula is C34H36N4O6. The summed E-state index contributed by atoms with van der Waals surface area (Å²) < 4.78 is 6.65. The lowest BCUT2D eigenvalue weighted by Crippen LogP contribution is -2.44. The van der Waals surface area contributed by atoms with Crippen LogP contribution in [0.4, 0.5) is 16.2 Å². The molecule has 0 spiro atoms. The van der Waals surface area contributed by atoms with Crippen LogP contribution in [0.15, 0.2) is 95.5 Å². The van der Waals surface area contributed by atoms with Gasteiger partial charge in [0, 0.05) is 16.8 Å². The number of carbonyl (C=O) groups excluding carboxylic acids is 4. The molecule has 0 radical (unpaired) electrons. The maximum absolute atomic E-state index is 14.7. The number of nitrogens with one attached hydrogen (secondary N) is 1. The molecular weight excluding hydrogens is 560 g/mol. The molecule has 2 aromatic carbocycles. The summed E-state index contributed by atoms with van der Waals surface area (Å²) in [5.41, 5.74) is -0.371. The van der Waals surface area contributed by atoms with Gasteiger partial charge in [-0.2, -0.15) is 0 Å². The molecule has 44 heavy (non-hydrogen) atoms. The van der Waals surface area contributed by atoms with E-state index in [0.717, 1.165) is 6.42 Å². The van der Waals surface area contributed by atoms with Gasteiger partial charge in [0.25, 0.3) is 11.5 Å². The number of para-hydroxylation sites is 1. The summed E-state index contributed by atoms with van der Waals surface area (Å²) in [6.07, 6.45) is 6.19. The highest BCUT2D eigenvalue weighted by Gasteiger charge is 2.33. The zero-order valence-electron chi connectivity index (χ0n) is 25.3. The fourth-order valence-electron chi connectivity index (χ4n) is 4.76. The number of hydrogen-bond acceptors (Lipinski definition) is 7. The first-order chi connectivity index (χ1) is 21.0. The molecule has 1 unspecified atom stereocenters. The van der Waals surface area contributed by atoms with Crippen molar-refractivity contribution >= 4 is 34.9 Å². The van der Waals surface area contributed by atoms with Crippen molar-refractivity contribution in [3.63, 3.8) is 0 Å². The summed E-state index contributed by atoms with van der Waals surface area (Å²) in [5.74, 6) is -1.60. The lowest BCUT2D eigenvalue weighted by molar-refractivity contribution is -0.131. The predicted molar refractivity (Wildman–Crippen MR) is 168 cm³/mol. The normalized spacial score (nSPS) is 13.7. The zero-order valence-corrected chi connectivity index (χ0v) is 25.3. The molecule has 2 amide bonds. The number of Topliss-reactive ketones (excluding diaryl/α,β-unsaturated/α-hetero) is 1. The number of ether oxygens (including phenoxy) is 1. The van der Waals surface area contributed by atoms with Crippen LogP contribution in [0.25, 0.3) is 11.4 Å². The Bertz CT molecular complexity index is 1650. The molecule has 0 bridgehead atoms. The van der Waals surface area contributed by atoms with Crippen LogP contribution < -0.4 is 15.8 Å².